The van der Waals surface area contributed by atoms with Crippen molar-refractivity contribution in [1.82, 2.24) is 0 Å². The molecule has 1 aromatic carbocycles. The van der Waals surface area contributed by atoms with Crippen LogP contribution in [0.3, 0.4) is 0 Å². The number of benzene rings is 1. The number of hydrogen-bond donors (Lipinski definition) is 0. The van der Waals surface area contributed by atoms with Crippen LogP contribution in [0, 0.1) is 11.3 Å². The number of nitrogens with zero attached hydrogens (tertiary/aromatic N) is 1. The van der Waals surface area contributed by atoms with Crippen molar-refractivity contribution in [2.24, 2.45) is 0 Å². The molecule has 0 unspecified atom stereocenters. The predicted molar refractivity (Wildman–Crippen MR) is 61.1 cm³/mol. The van der Waals surface area contributed by atoms with Gasteiger partial charge in [-0.15, -0.1) is 0 Å². The lowest BCUT2D eigenvalue weighted by atomic mass is 10.1. The van der Waals surface area contributed by atoms with Crippen LogP contribution in [0.5, 0.6) is 5.75 Å². The van der Waals surface area contributed by atoms with Gasteiger partial charge < -0.3 is 4.74 Å². The van der Waals surface area contributed by atoms with Crippen molar-refractivity contribution in [2.45, 2.75) is 13.3 Å². The predicted octanol–water partition coefficient (Wildman–Crippen LogP) is 3.36. The molecule has 0 aliphatic heterocycles. The lowest BCUT2D eigenvalue weighted by molar-refractivity contribution is 0.353. The van der Waals surface area contributed by atoms with Gasteiger partial charge in [0.05, 0.1) is 17.5 Å². The van der Waals surface area contributed by atoms with Gasteiger partial charge in [-0.3, -0.25) is 0 Å². The molecular weight excluding hydrogens is 210 g/mol. The smallest absolute Gasteiger partial charge is 0.138 e. The molecule has 0 fully saturated rings. The summed E-state index contributed by atoms with van der Waals surface area (Å²) in [6.07, 6.45) is 0.362. The van der Waals surface area contributed by atoms with Crippen molar-refractivity contribution in [3.63, 3.8) is 0 Å². The Balaban J connectivity index is 2.75. The van der Waals surface area contributed by atoms with E-state index in [4.69, 9.17) is 21.6 Å². The minimum atomic E-state index is 0.362. The molecule has 0 aliphatic carbocycles. The molecule has 0 saturated carbocycles. The second kappa shape index (κ2) is 5.43. The fourth-order valence-corrected chi connectivity index (χ4v) is 1.32. The van der Waals surface area contributed by atoms with Gasteiger partial charge in [0.2, 0.25) is 0 Å². The lowest BCUT2D eigenvalue weighted by Crippen LogP contribution is -1.98. The zero-order valence-electron chi connectivity index (χ0n) is 8.59. The van der Waals surface area contributed by atoms with Crippen LogP contribution in [0.1, 0.15) is 12.5 Å². The molecule has 1 aromatic rings. The van der Waals surface area contributed by atoms with Crippen LogP contribution in [-0.2, 0) is 6.42 Å². The first-order valence-electron chi connectivity index (χ1n) is 4.56. The third-order valence-corrected chi connectivity index (χ3v) is 2.05. The zero-order chi connectivity index (χ0) is 11.3. The van der Waals surface area contributed by atoms with Crippen LogP contribution in [0.4, 0.5) is 0 Å². The van der Waals surface area contributed by atoms with Crippen LogP contribution in [0.25, 0.3) is 0 Å². The quantitative estimate of drug-likeness (QED) is 0.731. The van der Waals surface area contributed by atoms with E-state index in [1.807, 2.05) is 13.0 Å². The Hall–Kier alpha value is -1.46. The number of nitriles is 1. The fraction of sp³-hybridized carbons (Fsp3) is 0.250. The first kappa shape index (κ1) is 11.6. The van der Waals surface area contributed by atoms with E-state index in [-0.39, 0.29) is 0 Å². The van der Waals surface area contributed by atoms with Gasteiger partial charge in [0.1, 0.15) is 12.4 Å². The van der Waals surface area contributed by atoms with Gasteiger partial charge in [-0.1, -0.05) is 24.2 Å². The van der Waals surface area contributed by atoms with Crippen LogP contribution in [-0.4, -0.2) is 6.61 Å². The standard InChI is InChI=1S/C12H12ClNO/c1-9(2)8-15-12-4-3-10(5-6-14)7-11(12)13/h3-4,7H,1,5,8H2,2H3. The highest BCUT2D eigenvalue weighted by molar-refractivity contribution is 6.32. The Morgan fingerprint density at radius 1 is 1.60 bits per heavy atom. The van der Waals surface area contributed by atoms with E-state index in [0.29, 0.717) is 23.8 Å². The summed E-state index contributed by atoms with van der Waals surface area (Å²) in [5.41, 5.74) is 1.83. The molecule has 2 nitrogen and oxygen atoms in total. The summed E-state index contributed by atoms with van der Waals surface area (Å²) < 4.78 is 5.42. The van der Waals surface area contributed by atoms with Crippen LogP contribution < -0.4 is 4.74 Å². The average Bonchev–Trinajstić information content (AvgIpc) is 2.17. The second-order valence-electron chi connectivity index (χ2n) is 3.35. The van der Waals surface area contributed by atoms with E-state index >= 15 is 0 Å². The highest BCUT2D eigenvalue weighted by atomic mass is 35.5. The maximum absolute atomic E-state index is 8.52. The largest absolute Gasteiger partial charge is 0.488 e. The summed E-state index contributed by atoms with van der Waals surface area (Å²) in [5, 5.41) is 9.05. The third-order valence-electron chi connectivity index (χ3n) is 1.75. The van der Waals surface area contributed by atoms with Crippen molar-refractivity contribution in [2.75, 3.05) is 6.61 Å². The Kier molecular flexibility index (Phi) is 4.20. The molecule has 0 bridgehead atoms. The minimum absolute atomic E-state index is 0.362. The number of hydrogen-bond acceptors (Lipinski definition) is 2. The van der Waals surface area contributed by atoms with Crippen molar-refractivity contribution in [3.8, 4) is 11.8 Å². The van der Waals surface area contributed by atoms with Crippen LogP contribution >= 0.6 is 11.6 Å². The monoisotopic (exact) mass is 221 g/mol. The average molecular weight is 222 g/mol. The van der Waals surface area contributed by atoms with E-state index in [0.717, 1.165) is 11.1 Å². The third kappa shape index (κ3) is 3.65. The van der Waals surface area contributed by atoms with Crippen LogP contribution in [0.2, 0.25) is 5.02 Å². The summed E-state index contributed by atoms with van der Waals surface area (Å²) in [5.74, 6) is 0.626. The summed E-state index contributed by atoms with van der Waals surface area (Å²) in [4.78, 5) is 0. The molecule has 0 N–H and O–H groups in total. The molecule has 0 spiro atoms. The summed E-state index contributed by atoms with van der Waals surface area (Å²) in [7, 11) is 0. The molecule has 3 heteroatoms. The zero-order valence-corrected chi connectivity index (χ0v) is 9.34. The summed E-state index contributed by atoms with van der Waals surface area (Å²) in [6.45, 7) is 6.08. The summed E-state index contributed by atoms with van der Waals surface area (Å²) in [6, 6.07) is 7.43. The highest BCUT2D eigenvalue weighted by Gasteiger charge is 2.02. The first-order chi connectivity index (χ1) is 7.13. The van der Waals surface area contributed by atoms with E-state index in [2.05, 4.69) is 12.6 Å². The maximum Gasteiger partial charge on any atom is 0.138 e. The van der Waals surface area contributed by atoms with E-state index in [9.17, 15) is 0 Å². The second-order valence-corrected chi connectivity index (χ2v) is 3.75. The SMILES string of the molecule is C=C(C)COc1ccc(CC#N)cc1Cl. The van der Waals surface area contributed by atoms with Crippen LogP contribution in [0.15, 0.2) is 30.4 Å². The molecule has 0 amide bonds. The normalized spacial score (nSPS) is 9.40. The van der Waals surface area contributed by atoms with Gasteiger partial charge in [0, 0.05) is 0 Å². The molecule has 78 valence electrons. The minimum Gasteiger partial charge on any atom is -0.488 e. The molecule has 0 radical (unpaired) electrons. The topological polar surface area (TPSA) is 33.0 Å². The van der Waals surface area contributed by atoms with Crippen molar-refractivity contribution >= 4 is 11.6 Å². The van der Waals surface area contributed by atoms with E-state index in [1.54, 1.807) is 12.1 Å². The Bertz CT molecular complexity index is 407. The molecule has 15 heavy (non-hydrogen) atoms. The maximum atomic E-state index is 8.52. The number of halogens is 1. The Labute approximate surface area is 94.7 Å². The molecule has 0 atom stereocenters. The number of rotatable bonds is 4. The molecule has 0 aromatic heterocycles. The van der Waals surface area contributed by atoms with E-state index in [1.165, 1.54) is 0 Å². The highest BCUT2D eigenvalue weighted by Crippen LogP contribution is 2.25. The lowest BCUT2D eigenvalue weighted by Gasteiger charge is -2.08. The fourth-order valence-electron chi connectivity index (χ4n) is 1.06. The van der Waals surface area contributed by atoms with Gasteiger partial charge in [-0.25, -0.2) is 0 Å². The number of ether oxygens (including phenoxy) is 1. The van der Waals surface area contributed by atoms with Gasteiger partial charge in [0.15, 0.2) is 0 Å². The van der Waals surface area contributed by atoms with E-state index < -0.39 is 0 Å². The Morgan fingerprint density at radius 3 is 2.87 bits per heavy atom. The summed E-state index contributed by atoms with van der Waals surface area (Å²) >= 11 is 5.98. The van der Waals surface area contributed by atoms with Crippen molar-refractivity contribution in [1.29, 1.82) is 5.26 Å². The molecule has 0 saturated heterocycles. The van der Waals surface area contributed by atoms with Gasteiger partial charge in [-0.05, 0) is 30.2 Å². The van der Waals surface area contributed by atoms with Crippen molar-refractivity contribution in [3.05, 3.63) is 40.9 Å². The Morgan fingerprint density at radius 2 is 2.33 bits per heavy atom. The molecule has 0 aliphatic rings. The molecule has 1 rings (SSSR count). The van der Waals surface area contributed by atoms with Gasteiger partial charge in [-0.2, -0.15) is 5.26 Å². The van der Waals surface area contributed by atoms with Gasteiger partial charge >= 0.3 is 0 Å². The molecule has 0 heterocycles. The van der Waals surface area contributed by atoms with Crippen molar-refractivity contribution < 1.29 is 4.74 Å². The van der Waals surface area contributed by atoms with Gasteiger partial charge in [0.25, 0.3) is 0 Å². The first-order valence-corrected chi connectivity index (χ1v) is 4.94. The molecular formula is C12H12ClNO.